The number of aromatic nitrogens is 2. The Bertz CT molecular complexity index is 783. The van der Waals surface area contributed by atoms with Crippen LogP contribution in [0.4, 0.5) is 0 Å². The second-order valence-electron chi connectivity index (χ2n) is 5.45. The summed E-state index contributed by atoms with van der Waals surface area (Å²) in [5, 5.41) is 0. The second kappa shape index (κ2) is 5.62. The fraction of sp³-hybridized carbons (Fsp3) is 0.353. The normalized spacial score (nSPS) is 11.4. The molecule has 3 nitrogen and oxygen atoms in total. The summed E-state index contributed by atoms with van der Waals surface area (Å²) in [6, 6.07) is 6.67. The quantitative estimate of drug-likeness (QED) is 0.797. The van der Waals surface area contributed by atoms with Crippen LogP contribution in [-0.4, -0.2) is 15.9 Å². The first kappa shape index (κ1) is 14.3. The first-order valence-electron chi connectivity index (χ1n) is 7.41. The van der Waals surface area contributed by atoms with Crippen LogP contribution in [0.25, 0.3) is 16.2 Å². The minimum atomic E-state index is 0.650. The molecule has 110 valence electrons. The van der Waals surface area contributed by atoms with E-state index in [1.165, 1.54) is 33.0 Å². The zero-order valence-electron chi connectivity index (χ0n) is 12.8. The minimum Gasteiger partial charge on any atom is -0.330 e. The molecule has 0 aliphatic rings. The van der Waals surface area contributed by atoms with Gasteiger partial charge >= 0.3 is 0 Å². The molecule has 2 N–H and O–H groups in total. The SMILES string of the molecule is CCc1sc2ncc(CCN)n2c1-c1ccc(C)cc1C. The van der Waals surface area contributed by atoms with Gasteiger partial charge in [-0.2, -0.15) is 0 Å². The first-order valence-corrected chi connectivity index (χ1v) is 8.23. The lowest BCUT2D eigenvalue weighted by atomic mass is 10.0. The van der Waals surface area contributed by atoms with Crippen molar-refractivity contribution < 1.29 is 0 Å². The molecule has 0 unspecified atom stereocenters. The standard InChI is InChI=1S/C17H21N3S/c1-4-15-16(14-6-5-11(2)9-12(14)3)20-13(7-8-18)10-19-17(20)21-15/h5-6,9-10H,4,7-8,18H2,1-3H3. The molecule has 3 aromatic rings. The summed E-state index contributed by atoms with van der Waals surface area (Å²) < 4.78 is 2.30. The molecule has 0 radical (unpaired) electrons. The molecule has 3 rings (SSSR count). The summed E-state index contributed by atoms with van der Waals surface area (Å²) in [4.78, 5) is 7.03. The van der Waals surface area contributed by atoms with Crippen molar-refractivity contribution in [1.82, 2.24) is 9.38 Å². The molecule has 1 aromatic carbocycles. The molecule has 0 amide bonds. The van der Waals surface area contributed by atoms with Gasteiger partial charge in [-0.3, -0.25) is 4.40 Å². The fourth-order valence-electron chi connectivity index (χ4n) is 2.88. The Morgan fingerprint density at radius 1 is 1.29 bits per heavy atom. The van der Waals surface area contributed by atoms with E-state index in [1.807, 2.05) is 6.20 Å². The number of benzene rings is 1. The molecule has 0 aliphatic carbocycles. The molecule has 0 spiro atoms. The number of nitrogens with zero attached hydrogens (tertiary/aromatic N) is 2. The van der Waals surface area contributed by atoms with E-state index in [2.05, 4.69) is 48.4 Å². The summed E-state index contributed by atoms with van der Waals surface area (Å²) in [6.07, 6.45) is 3.85. The largest absolute Gasteiger partial charge is 0.330 e. The molecule has 0 bridgehead atoms. The maximum atomic E-state index is 5.75. The number of fused-ring (bicyclic) bond motifs is 1. The highest BCUT2D eigenvalue weighted by atomic mass is 32.1. The van der Waals surface area contributed by atoms with Crippen LogP contribution in [0.5, 0.6) is 0 Å². The number of thiazole rings is 1. The lowest BCUT2D eigenvalue weighted by Gasteiger charge is -2.10. The lowest BCUT2D eigenvalue weighted by Crippen LogP contribution is -2.05. The van der Waals surface area contributed by atoms with Crippen molar-refractivity contribution >= 4 is 16.3 Å². The predicted molar refractivity (Wildman–Crippen MR) is 90.1 cm³/mol. The van der Waals surface area contributed by atoms with Crippen molar-refractivity contribution in [3.8, 4) is 11.3 Å². The van der Waals surface area contributed by atoms with Crippen molar-refractivity contribution in [2.24, 2.45) is 5.73 Å². The highest BCUT2D eigenvalue weighted by Gasteiger charge is 2.18. The Labute approximate surface area is 129 Å². The van der Waals surface area contributed by atoms with E-state index in [9.17, 15) is 0 Å². The van der Waals surface area contributed by atoms with Crippen LogP contribution in [0, 0.1) is 13.8 Å². The number of imidazole rings is 1. The van der Waals surface area contributed by atoms with Gasteiger partial charge in [0, 0.05) is 22.6 Å². The van der Waals surface area contributed by atoms with Crippen LogP contribution < -0.4 is 5.73 Å². The van der Waals surface area contributed by atoms with E-state index in [0.29, 0.717) is 6.54 Å². The summed E-state index contributed by atoms with van der Waals surface area (Å²) in [7, 11) is 0. The van der Waals surface area contributed by atoms with Crippen LogP contribution in [0.2, 0.25) is 0 Å². The van der Waals surface area contributed by atoms with Crippen molar-refractivity contribution in [2.75, 3.05) is 6.54 Å². The van der Waals surface area contributed by atoms with Gasteiger partial charge in [0.1, 0.15) is 0 Å². The van der Waals surface area contributed by atoms with Gasteiger partial charge < -0.3 is 5.73 Å². The monoisotopic (exact) mass is 299 g/mol. The van der Waals surface area contributed by atoms with Gasteiger partial charge in [0.15, 0.2) is 4.96 Å². The predicted octanol–water partition coefficient (Wildman–Crippen LogP) is 3.74. The van der Waals surface area contributed by atoms with E-state index < -0.39 is 0 Å². The number of hydrogen-bond donors (Lipinski definition) is 1. The molecule has 4 heteroatoms. The summed E-state index contributed by atoms with van der Waals surface area (Å²) in [5.41, 5.74) is 12.2. The summed E-state index contributed by atoms with van der Waals surface area (Å²) in [6.45, 7) is 7.18. The van der Waals surface area contributed by atoms with Crippen LogP contribution in [0.3, 0.4) is 0 Å². The van der Waals surface area contributed by atoms with Crippen LogP contribution in [0.1, 0.15) is 28.6 Å². The maximum Gasteiger partial charge on any atom is 0.194 e. The average molecular weight is 299 g/mol. The molecule has 21 heavy (non-hydrogen) atoms. The molecule has 0 atom stereocenters. The van der Waals surface area contributed by atoms with Gasteiger partial charge in [-0.05, 0) is 32.4 Å². The third kappa shape index (κ3) is 2.39. The summed E-state index contributed by atoms with van der Waals surface area (Å²) in [5.74, 6) is 0. The molecule has 0 fully saturated rings. The Balaban J connectivity index is 2.30. The van der Waals surface area contributed by atoms with Gasteiger partial charge in [0.2, 0.25) is 0 Å². The number of aryl methyl sites for hydroxylation is 3. The smallest absolute Gasteiger partial charge is 0.194 e. The molecule has 0 saturated carbocycles. The number of hydrogen-bond acceptors (Lipinski definition) is 3. The van der Waals surface area contributed by atoms with E-state index in [0.717, 1.165) is 17.8 Å². The Hall–Kier alpha value is -1.65. The number of nitrogens with two attached hydrogens (primary N) is 1. The molecular weight excluding hydrogens is 278 g/mol. The lowest BCUT2D eigenvalue weighted by molar-refractivity contribution is 0.908. The van der Waals surface area contributed by atoms with Crippen molar-refractivity contribution in [2.45, 2.75) is 33.6 Å². The average Bonchev–Trinajstić information content (AvgIpc) is 2.99. The Morgan fingerprint density at radius 2 is 2.10 bits per heavy atom. The highest BCUT2D eigenvalue weighted by Crippen LogP contribution is 2.35. The van der Waals surface area contributed by atoms with Gasteiger partial charge in [0.25, 0.3) is 0 Å². The van der Waals surface area contributed by atoms with E-state index in [-0.39, 0.29) is 0 Å². The topological polar surface area (TPSA) is 43.3 Å². The minimum absolute atomic E-state index is 0.650. The van der Waals surface area contributed by atoms with Gasteiger partial charge in [-0.1, -0.05) is 30.7 Å². The van der Waals surface area contributed by atoms with Gasteiger partial charge in [-0.15, -0.1) is 11.3 Å². The maximum absolute atomic E-state index is 5.75. The summed E-state index contributed by atoms with van der Waals surface area (Å²) >= 11 is 1.79. The fourth-order valence-corrected chi connectivity index (χ4v) is 3.94. The third-order valence-corrected chi connectivity index (χ3v) is 5.06. The van der Waals surface area contributed by atoms with Crippen LogP contribution in [-0.2, 0) is 12.8 Å². The molecule has 2 heterocycles. The van der Waals surface area contributed by atoms with Gasteiger partial charge in [-0.25, -0.2) is 4.98 Å². The zero-order chi connectivity index (χ0) is 15.0. The second-order valence-corrected chi connectivity index (χ2v) is 6.51. The van der Waals surface area contributed by atoms with Crippen LogP contribution >= 0.6 is 11.3 Å². The Kier molecular flexibility index (Phi) is 3.83. The zero-order valence-corrected chi connectivity index (χ0v) is 13.6. The highest BCUT2D eigenvalue weighted by molar-refractivity contribution is 7.17. The van der Waals surface area contributed by atoms with Crippen molar-refractivity contribution in [3.63, 3.8) is 0 Å². The number of rotatable bonds is 4. The van der Waals surface area contributed by atoms with E-state index in [1.54, 1.807) is 11.3 Å². The Morgan fingerprint density at radius 3 is 2.76 bits per heavy atom. The van der Waals surface area contributed by atoms with E-state index in [4.69, 9.17) is 5.73 Å². The van der Waals surface area contributed by atoms with E-state index >= 15 is 0 Å². The molecule has 0 saturated heterocycles. The first-order chi connectivity index (χ1) is 10.2. The van der Waals surface area contributed by atoms with Gasteiger partial charge in [0.05, 0.1) is 11.9 Å². The third-order valence-electron chi connectivity index (χ3n) is 3.86. The molecular formula is C17H21N3S. The van der Waals surface area contributed by atoms with Crippen molar-refractivity contribution in [1.29, 1.82) is 0 Å². The van der Waals surface area contributed by atoms with Crippen molar-refractivity contribution in [3.05, 3.63) is 46.1 Å². The molecule has 2 aromatic heterocycles. The van der Waals surface area contributed by atoms with Crippen LogP contribution in [0.15, 0.2) is 24.4 Å². The molecule has 0 aliphatic heterocycles.